The van der Waals surface area contributed by atoms with Gasteiger partial charge < -0.3 is 4.42 Å². The molecule has 3 aromatic heterocycles. The lowest BCUT2D eigenvalue weighted by atomic mass is 10.2. The van der Waals surface area contributed by atoms with E-state index in [0.29, 0.717) is 6.04 Å². The van der Waals surface area contributed by atoms with Crippen LogP contribution in [-0.4, -0.2) is 16.9 Å². The summed E-state index contributed by atoms with van der Waals surface area (Å²) in [6.45, 7) is 5.00. The molecule has 0 bridgehead atoms. The highest BCUT2D eigenvalue weighted by atomic mass is 32.1. The maximum absolute atomic E-state index is 5.80. The molecule has 1 atom stereocenters. The molecule has 0 fully saturated rings. The van der Waals surface area contributed by atoms with Crippen molar-refractivity contribution in [3.63, 3.8) is 0 Å². The molecule has 0 saturated carbocycles. The normalized spacial score (nSPS) is 13.0. The monoisotopic (exact) mass is 318 g/mol. The van der Waals surface area contributed by atoms with Crippen molar-refractivity contribution in [3.05, 3.63) is 50.7 Å². The van der Waals surface area contributed by atoms with Gasteiger partial charge in [-0.05, 0) is 43.8 Å². The highest BCUT2D eigenvalue weighted by molar-refractivity contribution is 7.10. The minimum absolute atomic E-state index is 0.380. The van der Waals surface area contributed by atoms with E-state index in [9.17, 15) is 0 Å². The maximum Gasteiger partial charge on any atom is 0.227 e. The van der Waals surface area contributed by atoms with Gasteiger partial charge in [0, 0.05) is 28.4 Å². The fraction of sp³-hybridized carbons (Fsp3) is 0.312. The Morgan fingerprint density at radius 1 is 1.33 bits per heavy atom. The lowest BCUT2D eigenvalue weighted by Crippen LogP contribution is -2.21. The van der Waals surface area contributed by atoms with Crippen molar-refractivity contribution in [2.45, 2.75) is 26.4 Å². The van der Waals surface area contributed by atoms with Gasteiger partial charge in [-0.25, -0.2) is 4.98 Å². The summed E-state index contributed by atoms with van der Waals surface area (Å²) in [5.74, 6) is 1.63. The summed E-state index contributed by atoms with van der Waals surface area (Å²) < 4.78 is 5.80. The van der Waals surface area contributed by atoms with Gasteiger partial charge in [0.15, 0.2) is 0 Å². The molecule has 5 heteroatoms. The van der Waals surface area contributed by atoms with Gasteiger partial charge in [0.2, 0.25) is 5.89 Å². The van der Waals surface area contributed by atoms with Crippen LogP contribution >= 0.6 is 22.7 Å². The summed E-state index contributed by atoms with van der Waals surface area (Å²) in [6.07, 6.45) is 0. The van der Waals surface area contributed by atoms with Gasteiger partial charge >= 0.3 is 0 Å². The molecule has 0 aromatic carbocycles. The van der Waals surface area contributed by atoms with Gasteiger partial charge in [-0.15, -0.1) is 11.3 Å². The standard InChI is InChI=1S/C16H18N2OS2/c1-11(15-5-4-7-21-15)18(3)9-14-12(2)19-16(17-14)13-6-8-20-10-13/h4-8,10-11H,9H2,1-3H3/t11-/m1/s1. The second kappa shape index (κ2) is 6.13. The highest BCUT2D eigenvalue weighted by Gasteiger charge is 2.17. The van der Waals surface area contributed by atoms with Gasteiger partial charge in [-0.2, -0.15) is 11.3 Å². The average Bonchev–Trinajstić information content (AvgIpc) is 3.20. The SMILES string of the molecule is Cc1oc(-c2ccsc2)nc1CN(C)[C@H](C)c1cccs1. The quantitative estimate of drug-likeness (QED) is 0.665. The number of rotatable bonds is 5. The largest absolute Gasteiger partial charge is 0.441 e. The second-order valence-corrected chi connectivity index (χ2v) is 6.90. The Hall–Kier alpha value is -1.43. The molecular formula is C16H18N2OS2. The van der Waals surface area contributed by atoms with Crippen LogP contribution in [0.1, 0.15) is 29.3 Å². The average molecular weight is 318 g/mol. The Labute approximate surface area is 132 Å². The number of aromatic nitrogens is 1. The van der Waals surface area contributed by atoms with Crippen LogP contribution in [0.15, 0.2) is 38.8 Å². The van der Waals surface area contributed by atoms with E-state index < -0.39 is 0 Å². The van der Waals surface area contributed by atoms with Crippen molar-refractivity contribution in [2.75, 3.05) is 7.05 Å². The fourth-order valence-corrected chi connectivity index (χ4v) is 3.68. The number of oxazole rings is 1. The topological polar surface area (TPSA) is 29.3 Å². The molecule has 0 aliphatic heterocycles. The van der Waals surface area contributed by atoms with Gasteiger partial charge in [-0.3, -0.25) is 4.90 Å². The van der Waals surface area contributed by atoms with E-state index in [0.717, 1.165) is 29.5 Å². The van der Waals surface area contributed by atoms with Crippen LogP contribution in [0.2, 0.25) is 0 Å². The third-order valence-corrected chi connectivity index (χ3v) is 5.40. The smallest absolute Gasteiger partial charge is 0.227 e. The van der Waals surface area contributed by atoms with Crippen LogP contribution < -0.4 is 0 Å². The van der Waals surface area contributed by atoms with E-state index in [1.807, 2.05) is 18.4 Å². The van der Waals surface area contributed by atoms with Gasteiger partial charge in [0.05, 0.1) is 5.69 Å². The molecule has 21 heavy (non-hydrogen) atoms. The Morgan fingerprint density at radius 3 is 2.86 bits per heavy atom. The third-order valence-electron chi connectivity index (χ3n) is 3.68. The molecule has 0 spiro atoms. The van der Waals surface area contributed by atoms with Crippen LogP contribution in [-0.2, 0) is 6.54 Å². The Bertz CT molecular complexity index is 686. The molecule has 0 saturated heterocycles. The van der Waals surface area contributed by atoms with Crippen LogP contribution in [0.4, 0.5) is 0 Å². The minimum atomic E-state index is 0.380. The number of thiophene rings is 2. The molecule has 0 unspecified atom stereocenters. The van der Waals surface area contributed by atoms with Crippen LogP contribution in [0.25, 0.3) is 11.5 Å². The van der Waals surface area contributed by atoms with E-state index in [-0.39, 0.29) is 0 Å². The van der Waals surface area contributed by atoms with Crippen LogP contribution in [0, 0.1) is 6.92 Å². The minimum Gasteiger partial charge on any atom is -0.441 e. The highest BCUT2D eigenvalue weighted by Crippen LogP contribution is 2.27. The summed E-state index contributed by atoms with van der Waals surface area (Å²) >= 11 is 3.45. The van der Waals surface area contributed by atoms with Gasteiger partial charge in [-0.1, -0.05) is 6.07 Å². The predicted octanol–water partition coefficient (Wildman–Crippen LogP) is 4.97. The summed E-state index contributed by atoms with van der Waals surface area (Å²) in [5.41, 5.74) is 2.07. The number of hydrogen-bond donors (Lipinski definition) is 0. The van der Waals surface area contributed by atoms with Crippen molar-refractivity contribution < 1.29 is 4.42 Å². The molecule has 3 rings (SSSR count). The van der Waals surface area contributed by atoms with Crippen molar-refractivity contribution >= 4 is 22.7 Å². The molecule has 0 aliphatic carbocycles. The zero-order valence-corrected chi connectivity index (χ0v) is 14.0. The van der Waals surface area contributed by atoms with Gasteiger partial charge in [0.1, 0.15) is 5.76 Å². The first-order chi connectivity index (χ1) is 10.1. The van der Waals surface area contributed by atoms with Crippen LogP contribution in [0.3, 0.4) is 0 Å². The van der Waals surface area contributed by atoms with E-state index in [1.165, 1.54) is 4.88 Å². The van der Waals surface area contributed by atoms with E-state index in [1.54, 1.807) is 22.7 Å². The lowest BCUT2D eigenvalue weighted by molar-refractivity contribution is 0.252. The Kier molecular flexibility index (Phi) is 4.24. The molecule has 0 amide bonds. The number of aryl methyl sites for hydroxylation is 1. The summed E-state index contributed by atoms with van der Waals surface area (Å²) in [6, 6.07) is 6.70. The first-order valence-electron chi connectivity index (χ1n) is 6.87. The zero-order chi connectivity index (χ0) is 14.8. The van der Waals surface area contributed by atoms with Crippen molar-refractivity contribution in [1.29, 1.82) is 0 Å². The zero-order valence-electron chi connectivity index (χ0n) is 12.4. The molecule has 3 nitrogen and oxygen atoms in total. The molecular weight excluding hydrogens is 300 g/mol. The first kappa shape index (κ1) is 14.5. The van der Waals surface area contributed by atoms with Crippen molar-refractivity contribution in [1.82, 2.24) is 9.88 Å². The Morgan fingerprint density at radius 2 is 2.19 bits per heavy atom. The number of hydrogen-bond acceptors (Lipinski definition) is 5. The summed E-state index contributed by atoms with van der Waals surface area (Å²) in [5, 5.41) is 6.22. The van der Waals surface area contributed by atoms with Crippen LogP contribution in [0.5, 0.6) is 0 Å². The number of nitrogens with zero attached hydrogens (tertiary/aromatic N) is 2. The Balaban J connectivity index is 1.76. The lowest BCUT2D eigenvalue weighted by Gasteiger charge is -2.22. The van der Waals surface area contributed by atoms with Gasteiger partial charge in [0.25, 0.3) is 0 Å². The molecule has 0 radical (unpaired) electrons. The summed E-state index contributed by atoms with van der Waals surface area (Å²) in [4.78, 5) is 8.33. The van der Waals surface area contributed by atoms with E-state index in [4.69, 9.17) is 4.42 Å². The molecule has 3 heterocycles. The first-order valence-corrected chi connectivity index (χ1v) is 8.70. The predicted molar refractivity (Wildman–Crippen MR) is 88.8 cm³/mol. The molecule has 0 aliphatic rings. The van der Waals surface area contributed by atoms with Crippen molar-refractivity contribution in [3.8, 4) is 11.5 Å². The summed E-state index contributed by atoms with van der Waals surface area (Å²) in [7, 11) is 2.13. The van der Waals surface area contributed by atoms with E-state index >= 15 is 0 Å². The van der Waals surface area contributed by atoms with Crippen molar-refractivity contribution in [2.24, 2.45) is 0 Å². The second-order valence-electron chi connectivity index (χ2n) is 5.14. The molecule has 110 valence electrons. The molecule has 0 N–H and O–H groups in total. The van der Waals surface area contributed by atoms with E-state index in [2.05, 4.69) is 46.7 Å². The molecule has 3 aromatic rings. The fourth-order valence-electron chi connectivity index (χ4n) is 2.20. The maximum atomic E-state index is 5.80. The third kappa shape index (κ3) is 3.10.